The van der Waals surface area contributed by atoms with Gasteiger partial charge in [0.2, 0.25) is 0 Å². The summed E-state index contributed by atoms with van der Waals surface area (Å²) in [6.45, 7) is 4.45. The second-order valence-corrected chi connectivity index (χ2v) is 6.19. The van der Waals surface area contributed by atoms with Crippen molar-refractivity contribution < 1.29 is 4.74 Å². The molecule has 1 aromatic carbocycles. The van der Waals surface area contributed by atoms with Crippen LogP contribution in [0, 0.1) is 0 Å². The molecule has 1 fully saturated rings. The summed E-state index contributed by atoms with van der Waals surface area (Å²) in [5.74, 6) is 0.719. The Morgan fingerprint density at radius 1 is 1.22 bits per heavy atom. The lowest BCUT2D eigenvalue weighted by atomic mass is 10.2. The van der Waals surface area contributed by atoms with Gasteiger partial charge in [0, 0.05) is 39.0 Å². The highest BCUT2D eigenvalue weighted by Gasteiger charge is 2.19. The summed E-state index contributed by atoms with van der Waals surface area (Å²) in [5.41, 5.74) is 1.34. The van der Waals surface area contributed by atoms with Gasteiger partial charge in [0.1, 0.15) is 5.82 Å². The van der Waals surface area contributed by atoms with E-state index in [0.717, 1.165) is 38.5 Å². The number of anilines is 1. The Morgan fingerprint density at radius 2 is 2.09 bits per heavy atom. The molecule has 1 N–H and O–H groups in total. The topological polar surface area (TPSA) is 37.4 Å². The Hall–Kier alpha value is -1.62. The van der Waals surface area contributed by atoms with E-state index in [1.807, 2.05) is 12.1 Å². The van der Waals surface area contributed by atoms with E-state index in [0.29, 0.717) is 11.6 Å². The van der Waals surface area contributed by atoms with Crippen molar-refractivity contribution in [1.82, 2.24) is 9.88 Å². The molecule has 0 amide bonds. The third kappa shape index (κ3) is 4.93. The fraction of sp³-hybridized carbons (Fsp3) is 0.389. The predicted octanol–water partition coefficient (Wildman–Crippen LogP) is 3.44. The summed E-state index contributed by atoms with van der Waals surface area (Å²) in [6.07, 6.45) is 2.94. The van der Waals surface area contributed by atoms with Crippen LogP contribution in [0.5, 0.6) is 0 Å². The van der Waals surface area contributed by atoms with Gasteiger partial charge in [-0.3, -0.25) is 4.90 Å². The Bertz CT molecular complexity index is 608. The summed E-state index contributed by atoms with van der Waals surface area (Å²) in [5, 5.41) is 3.94. The van der Waals surface area contributed by atoms with E-state index in [1.165, 1.54) is 5.56 Å². The number of hydrogen-bond donors (Lipinski definition) is 1. The van der Waals surface area contributed by atoms with Gasteiger partial charge >= 0.3 is 0 Å². The van der Waals surface area contributed by atoms with Crippen molar-refractivity contribution in [3.63, 3.8) is 0 Å². The maximum atomic E-state index is 6.13. The van der Waals surface area contributed by atoms with E-state index >= 15 is 0 Å². The van der Waals surface area contributed by atoms with E-state index in [1.54, 1.807) is 6.20 Å². The lowest BCUT2D eigenvalue weighted by Gasteiger charge is -2.24. The van der Waals surface area contributed by atoms with Gasteiger partial charge in [-0.15, -0.1) is 0 Å². The molecule has 1 aromatic heterocycles. The molecule has 5 heteroatoms. The molecule has 3 rings (SSSR count). The zero-order valence-electron chi connectivity index (χ0n) is 13.1. The van der Waals surface area contributed by atoms with Crippen LogP contribution in [0.25, 0.3) is 0 Å². The van der Waals surface area contributed by atoms with Crippen LogP contribution in [-0.4, -0.2) is 42.2 Å². The van der Waals surface area contributed by atoms with Crippen LogP contribution in [0.3, 0.4) is 0 Å². The number of rotatable bonds is 5. The number of aromatic nitrogens is 1. The molecule has 0 saturated carbocycles. The summed E-state index contributed by atoms with van der Waals surface area (Å²) >= 11 is 6.13. The van der Waals surface area contributed by atoms with Gasteiger partial charge in [-0.2, -0.15) is 0 Å². The van der Waals surface area contributed by atoms with Crippen molar-refractivity contribution in [3.05, 3.63) is 59.2 Å². The van der Waals surface area contributed by atoms with Crippen LogP contribution in [0.4, 0.5) is 5.82 Å². The molecule has 2 heterocycles. The molecule has 1 unspecified atom stereocenters. The number of ether oxygens (including phenoxy) is 1. The van der Waals surface area contributed by atoms with Crippen LogP contribution in [0.15, 0.2) is 48.7 Å². The molecule has 1 aliphatic heterocycles. The number of halogens is 1. The Labute approximate surface area is 142 Å². The average Bonchev–Trinajstić information content (AvgIpc) is 2.80. The number of nitrogens with one attached hydrogen (secondary N) is 1. The van der Waals surface area contributed by atoms with Gasteiger partial charge in [-0.25, -0.2) is 4.98 Å². The van der Waals surface area contributed by atoms with Crippen LogP contribution < -0.4 is 5.32 Å². The zero-order valence-corrected chi connectivity index (χ0v) is 13.9. The van der Waals surface area contributed by atoms with Crippen molar-refractivity contribution in [3.8, 4) is 0 Å². The molecule has 0 aliphatic carbocycles. The highest BCUT2D eigenvalue weighted by Crippen LogP contribution is 2.18. The van der Waals surface area contributed by atoms with Gasteiger partial charge in [0.25, 0.3) is 0 Å². The smallest absolute Gasteiger partial charge is 0.144 e. The normalized spacial score (nSPS) is 19.3. The minimum atomic E-state index is 0.138. The highest BCUT2D eigenvalue weighted by atomic mass is 35.5. The number of pyridine rings is 1. The zero-order chi connectivity index (χ0) is 15.9. The molecule has 0 radical (unpaired) electrons. The summed E-state index contributed by atoms with van der Waals surface area (Å²) in [7, 11) is 0. The Morgan fingerprint density at radius 3 is 2.91 bits per heavy atom. The van der Waals surface area contributed by atoms with Crippen molar-refractivity contribution in [2.24, 2.45) is 0 Å². The lowest BCUT2D eigenvalue weighted by molar-refractivity contribution is 0.0625. The second-order valence-electron chi connectivity index (χ2n) is 5.78. The summed E-state index contributed by atoms with van der Waals surface area (Å²) < 4.78 is 5.96. The van der Waals surface area contributed by atoms with E-state index in [4.69, 9.17) is 16.3 Å². The standard InChI is InChI=1S/C18H22ClN3O/c19-17-8-4-9-20-18(17)21-12-16-14-22(10-5-11-23-16)13-15-6-2-1-3-7-15/h1-4,6-9,16H,5,10-14H2,(H,20,21). The van der Waals surface area contributed by atoms with Crippen molar-refractivity contribution in [2.45, 2.75) is 19.1 Å². The third-order valence-corrected chi connectivity index (χ3v) is 4.24. The van der Waals surface area contributed by atoms with Gasteiger partial charge in [-0.1, -0.05) is 41.9 Å². The SMILES string of the molecule is Clc1cccnc1NCC1CN(Cc2ccccc2)CCCO1. The molecule has 1 saturated heterocycles. The Kier molecular flexibility index (Phi) is 5.86. The fourth-order valence-electron chi connectivity index (χ4n) is 2.81. The molecule has 4 nitrogen and oxygen atoms in total. The van der Waals surface area contributed by atoms with Gasteiger partial charge in [0.05, 0.1) is 11.1 Å². The molecule has 23 heavy (non-hydrogen) atoms. The van der Waals surface area contributed by atoms with Crippen molar-refractivity contribution in [2.75, 3.05) is 31.6 Å². The molecule has 1 aliphatic rings. The molecule has 122 valence electrons. The minimum Gasteiger partial charge on any atom is -0.375 e. The summed E-state index contributed by atoms with van der Waals surface area (Å²) in [4.78, 5) is 6.71. The number of benzene rings is 1. The largest absolute Gasteiger partial charge is 0.375 e. The predicted molar refractivity (Wildman–Crippen MR) is 93.8 cm³/mol. The maximum absolute atomic E-state index is 6.13. The molecular weight excluding hydrogens is 310 g/mol. The first-order chi connectivity index (χ1) is 11.3. The molecule has 0 bridgehead atoms. The van der Waals surface area contributed by atoms with E-state index in [2.05, 4.69) is 45.5 Å². The van der Waals surface area contributed by atoms with Crippen LogP contribution in [0.2, 0.25) is 5.02 Å². The molecular formula is C18H22ClN3O. The average molecular weight is 332 g/mol. The third-order valence-electron chi connectivity index (χ3n) is 3.94. The molecule has 1 atom stereocenters. The van der Waals surface area contributed by atoms with E-state index < -0.39 is 0 Å². The fourth-order valence-corrected chi connectivity index (χ4v) is 2.99. The van der Waals surface area contributed by atoms with Crippen molar-refractivity contribution >= 4 is 17.4 Å². The monoisotopic (exact) mass is 331 g/mol. The highest BCUT2D eigenvalue weighted by molar-refractivity contribution is 6.32. The van der Waals surface area contributed by atoms with E-state index in [-0.39, 0.29) is 6.10 Å². The second kappa shape index (κ2) is 8.29. The van der Waals surface area contributed by atoms with Gasteiger partial charge in [-0.05, 0) is 24.1 Å². The minimum absolute atomic E-state index is 0.138. The van der Waals surface area contributed by atoms with Crippen molar-refractivity contribution in [1.29, 1.82) is 0 Å². The molecule has 2 aromatic rings. The van der Waals surface area contributed by atoms with Crippen LogP contribution >= 0.6 is 11.6 Å². The van der Waals surface area contributed by atoms with E-state index in [9.17, 15) is 0 Å². The number of hydrogen-bond acceptors (Lipinski definition) is 4. The quantitative estimate of drug-likeness (QED) is 0.910. The first-order valence-electron chi connectivity index (χ1n) is 8.03. The van der Waals surface area contributed by atoms with Gasteiger partial charge < -0.3 is 10.1 Å². The number of nitrogens with zero attached hydrogens (tertiary/aromatic N) is 2. The first kappa shape index (κ1) is 16.2. The maximum Gasteiger partial charge on any atom is 0.144 e. The summed E-state index contributed by atoms with van der Waals surface area (Å²) in [6, 6.07) is 14.2. The van der Waals surface area contributed by atoms with Crippen LogP contribution in [0.1, 0.15) is 12.0 Å². The Balaban J connectivity index is 1.56. The first-order valence-corrected chi connectivity index (χ1v) is 8.41. The molecule has 0 spiro atoms. The van der Waals surface area contributed by atoms with Crippen LogP contribution in [-0.2, 0) is 11.3 Å². The van der Waals surface area contributed by atoms with Gasteiger partial charge in [0.15, 0.2) is 0 Å². The lowest BCUT2D eigenvalue weighted by Crippen LogP contribution is -2.35.